The smallest absolute Gasteiger partial charge is 1.00 e. The van der Waals surface area contributed by atoms with Crippen LogP contribution in [-0.2, 0) is 0 Å². The molecule has 0 N–H and O–H groups in total. The fraction of sp³-hybridized carbons (Fsp3) is 0.333. The number of hydrogen-bond acceptors (Lipinski definition) is 0. The molecular weight excluding hydrogens is 212 g/mol. The average molecular weight is 225 g/mol. The zero-order valence-electron chi connectivity index (χ0n) is 8.97. The van der Waals surface area contributed by atoms with Gasteiger partial charge in [-0.15, -0.1) is 0 Å². The molecule has 0 aliphatic heterocycles. The van der Waals surface area contributed by atoms with Gasteiger partial charge >= 0.3 is 23.1 Å². The van der Waals surface area contributed by atoms with Gasteiger partial charge in [0.25, 0.3) is 0 Å². The Labute approximate surface area is 95.6 Å². The Morgan fingerprint density at radius 1 is 1.27 bits per heavy atom. The maximum absolute atomic E-state index is 3.51. The molecule has 1 aromatic carbocycles. The minimum Gasteiger partial charge on any atom is -1.00 e. The maximum Gasteiger partial charge on any atom is 2.00 e. The van der Waals surface area contributed by atoms with Crippen LogP contribution in [0, 0.1) is 6.92 Å². The van der Waals surface area contributed by atoms with Crippen molar-refractivity contribution in [2.24, 2.45) is 0 Å². The van der Waals surface area contributed by atoms with Crippen molar-refractivity contribution in [3.05, 3.63) is 35.4 Å². The number of halogens is 1. The van der Waals surface area contributed by atoms with Gasteiger partial charge in [-0.2, -0.15) is 0 Å². The number of alkyl halides is 1. The van der Waals surface area contributed by atoms with Crippen molar-refractivity contribution in [1.29, 1.82) is 0 Å². The summed E-state index contributed by atoms with van der Waals surface area (Å²) in [6, 6.07) is 8.56. The van der Waals surface area contributed by atoms with E-state index in [2.05, 4.69) is 54.0 Å². The largest absolute Gasteiger partial charge is 2.00 e. The van der Waals surface area contributed by atoms with Crippen LogP contribution in [0.15, 0.2) is 24.3 Å². The molecule has 1 atom stereocenters. The molecule has 1 rings (SSSR count). The Morgan fingerprint density at radius 3 is 2.09 bits per heavy atom. The first-order chi connectivity index (χ1) is 4.70. The molecule has 0 aliphatic rings. The first kappa shape index (κ1) is 11.5. The van der Waals surface area contributed by atoms with Crippen molar-refractivity contribution >= 4 is 39.0 Å². The summed E-state index contributed by atoms with van der Waals surface area (Å²) in [6.45, 7) is 4.23. The summed E-state index contributed by atoms with van der Waals surface area (Å²) in [5, 5.41) is 0. The SMILES string of the molecule is Cc1ccc(C(C)Br)cc1.[H-].[H-].[Mg+2]. The van der Waals surface area contributed by atoms with Crippen molar-refractivity contribution in [2.75, 3.05) is 0 Å². The minimum atomic E-state index is 0. The average Bonchev–Trinajstić information content (AvgIpc) is 1.88. The van der Waals surface area contributed by atoms with Gasteiger partial charge in [0, 0.05) is 4.83 Å². The summed E-state index contributed by atoms with van der Waals surface area (Å²) in [4.78, 5) is 0.466. The molecule has 1 aromatic rings. The van der Waals surface area contributed by atoms with E-state index in [9.17, 15) is 0 Å². The van der Waals surface area contributed by atoms with Crippen molar-refractivity contribution in [1.82, 2.24) is 0 Å². The van der Waals surface area contributed by atoms with Crippen molar-refractivity contribution in [2.45, 2.75) is 18.7 Å². The monoisotopic (exact) mass is 224 g/mol. The fourth-order valence-corrected chi connectivity index (χ4v) is 1.14. The standard InChI is InChI=1S/C9H11Br.Mg.2H/c1-7-3-5-9(6-4-7)8(2)10;;;/h3-6,8H,1-2H3;;;/q;+2;2*-1. The molecule has 2 heteroatoms. The second-order valence-corrected chi connectivity index (χ2v) is 3.90. The first-order valence-corrected chi connectivity index (χ1v) is 4.32. The van der Waals surface area contributed by atoms with Gasteiger partial charge in [0.05, 0.1) is 0 Å². The first-order valence-electron chi connectivity index (χ1n) is 3.41. The fourth-order valence-electron chi connectivity index (χ4n) is 0.832. The van der Waals surface area contributed by atoms with E-state index in [0.29, 0.717) is 4.83 Å². The summed E-state index contributed by atoms with van der Waals surface area (Å²) in [7, 11) is 0. The van der Waals surface area contributed by atoms with Gasteiger partial charge in [-0.25, -0.2) is 0 Å². The number of aryl methyl sites for hydroxylation is 1. The summed E-state index contributed by atoms with van der Waals surface area (Å²) in [6.07, 6.45) is 0. The topological polar surface area (TPSA) is 0 Å². The molecule has 0 saturated heterocycles. The van der Waals surface area contributed by atoms with Crippen LogP contribution in [0.2, 0.25) is 0 Å². The molecule has 58 valence electrons. The molecule has 11 heavy (non-hydrogen) atoms. The van der Waals surface area contributed by atoms with Crippen LogP contribution in [0.5, 0.6) is 0 Å². The maximum atomic E-state index is 3.51. The third-order valence-corrected chi connectivity index (χ3v) is 2.07. The minimum absolute atomic E-state index is 0. The van der Waals surface area contributed by atoms with Crippen LogP contribution in [0.4, 0.5) is 0 Å². The van der Waals surface area contributed by atoms with Gasteiger partial charge in [-0.3, -0.25) is 0 Å². The summed E-state index contributed by atoms with van der Waals surface area (Å²) in [5.41, 5.74) is 2.66. The Bertz CT molecular complexity index is 211. The predicted molar refractivity (Wildman–Crippen MR) is 56.5 cm³/mol. The van der Waals surface area contributed by atoms with E-state index in [0.717, 1.165) is 0 Å². The Balaban J connectivity index is -0.000000333. The molecular formula is C9H13BrMg. The molecule has 0 fully saturated rings. The predicted octanol–water partition coefficient (Wildman–Crippen LogP) is 3.30. The Kier molecular flexibility index (Phi) is 5.39. The van der Waals surface area contributed by atoms with E-state index in [1.807, 2.05) is 0 Å². The van der Waals surface area contributed by atoms with Gasteiger partial charge in [-0.1, -0.05) is 45.8 Å². The van der Waals surface area contributed by atoms with E-state index < -0.39 is 0 Å². The second-order valence-electron chi connectivity index (χ2n) is 2.53. The molecule has 0 bridgehead atoms. The number of rotatable bonds is 1. The normalized spacial score (nSPS) is 11.9. The molecule has 0 saturated carbocycles. The van der Waals surface area contributed by atoms with Crippen molar-refractivity contribution in [3.63, 3.8) is 0 Å². The van der Waals surface area contributed by atoms with Crippen LogP contribution >= 0.6 is 15.9 Å². The zero-order valence-corrected chi connectivity index (χ0v) is 9.97. The third kappa shape index (κ3) is 3.58. The van der Waals surface area contributed by atoms with E-state index in [1.54, 1.807) is 0 Å². The Morgan fingerprint density at radius 2 is 1.73 bits per heavy atom. The van der Waals surface area contributed by atoms with Gasteiger partial charge in [-0.05, 0) is 19.4 Å². The van der Waals surface area contributed by atoms with Gasteiger partial charge in [0.2, 0.25) is 0 Å². The molecule has 0 aromatic heterocycles. The summed E-state index contributed by atoms with van der Waals surface area (Å²) >= 11 is 3.51. The Hall–Kier alpha value is 0.466. The molecule has 0 nitrogen and oxygen atoms in total. The van der Waals surface area contributed by atoms with Gasteiger partial charge in [0.1, 0.15) is 0 Å². The van der Waals surface area contributed by atoms with E-state index in [1.165, 1.54) is 11.1 Å². The number of hydrogen-bond donors (Lipinski definition) is 0. The van der Waals surface area contributed by atoms with Crippen LogP contribution in [-0.4, -0.2) is 23.1 Å². The van der Waals surface area contributed by atoms with E-state index in [-0.39, 0.29) is 25.9 Å². The molecule has 0 radical (unpaired) electrons. The number of benzene rings is 1. The third-order valence-electron chi connectivity index (χ3n) is 1.54. The molecule has 1 unspecified atom stereocenters. The van der Waals surface area contributed by atoms with Gasteiger partial charge in [0.15, 0.2) is 0 Å². The van der Waals surface area contributed by atoms with Crippen molar-refractivity contribution in [3.8, 4) is 0 Å². The van der Waals surface area contributed by atoms with E-state index >= 15 is 0 Å². The second kappa shape index (κ2) is 5.17. The quantitative estimate of drug-likeness (QED) is 0.508. The molecule has 0 aliphatic carbocycles. The van der Waals surface area contributed by atoms with Crippen LogP contribution in [0.1, 0.15) is 25.7 Å². The van der Waals surface area contributed by atoms with Gasteiger partial charge < -0.3 is 2.85 Å². The zero-order chi connectivity index (χ0) is 7.56. The van der Waals surface area contributed by atoms with Crippen LogP contribution in [0.25, 0.3) is 0 Å². The van der Waals surface area contributed by atoms with Crippen molar-refractivity contribution < 1.29 is 2.85 Å². The molecule has 0 spiro atoms. The molecule has 0 amide bonds. The van der Waals surface area contributed by atoms with E-state index in [4.69, 9.17) is 0 Å². The summed E-state index contributed by atoms with van der Waals surface area (Å²) < 4.78 is 0. The summed E-state index contributed by atoms with van der Waals surface area (Å²) in [5.74, 6) is 0. The molecule has 0 heterocycles. The van der Waals surface area contributed by atoms with Crippen LogP contribution < -0.4 is 0 Å². The van der Waals surface area contributed by atoms with Crippen LogP contribution in [0.3, 0.4) is 0 Å².